The van der Waals surface area contributed by atoms with Crippen molar-refractivity contribution in [1.29, 1.82) is 0 Å². The molecule has 0 saturated carbocycles. The highest BCUT2D eigenvalue weighted by molar-refractivity contribution is 7.13. The SMILES string of the molecule is Nc1csc(-c2ccccc2NC(=O)OCC2CCNCC2)n1.O=C(Nc1ccccc1-c1nc(CCO)cs1)OCC1CCNCC1. The lowest BCUT2D eigenvalue weighted by molar-refractivity contribution is 0.130. The minimum Gasteiger partial charge on any atom is -0.449 e. The van der Waals surface area contributed by atoms with E-state index in [0.29, 0.717) is 48.7 Å². The summed E-state index contributed by atoms with van der Waals surface area (Å²) in [5.41, 5.74) is 9.59. The van der Waals surface area contributed by atoms with Gasteiger partial charge in [0.15, 0.2) is 0 Å². The van der Waals surface area contributed by atoms with Crippen molar-refractivity contribution in [3.63, 3.8) is 0 Å². The Kier molecular flexibility index (Phi) is 13.5. The van der Waals surface area contributed by atoms with Crippen LogP contribution in [0.15, 0.2) is 59.3 Å². The highest BCUT2D eigenvalue weighted by atomic mass is 32.1. The van der Waals surface area contributed by atoms with Gasteiger partial charge >= 0.3 is 12.2 Å². The maximum Gasteiger partial charge on any atom is 0.411 e. The van der Waals surface area contributed by atoms with Gasteiger partial charge in [0.25, 0.3) is 0 Å². The van der Waals surface area contributed by atoms with Gasteiger partial charge in [-0.3, -0.25) is 10.6 Å². The topological polar surface area (TPSA) is 173 Å². The number of nitrogens with two attached hydrogens (primary N) is 1. The van der Waals surface area contributed by atoms with Crippen LogP contribution in [0.4, 0.5) is 26.8 Å². The fourth-order valence-electron chi connectivity index (χ4n) is 5.40. The van der Waals surface area contributed by atoms with E-state index in [1.54, 1.807) is 5.38 Å². The van der Waals surface area contributed by atoms with Crippen LogP contribution in [-0.4, -0.2) is 73.3 Å². The van der Waals surface area contributed by atoms with Crippen LogP contribution in [0, 0.1) is 11.8 Å². The van der Waals surface area contributed by atoms with Gasteiger partial charge < -0.3 is 30.9 Å². The zero-order chi connectivity index (χ0) is 33.6. The number of nitrogens with zero attached hydrogens (tertiary/aromatic N) is 2. The summed E-state index contributed by atoms with van der Waals surface area (Å²) in [5.74, 6) is 1.35. The second-order valence-corrected chi connectivity index (χ2v) is 13.3. The summed E-state index contributed by atoms with van der Waals surface area (Å²) in [5, 5.41) is 26.6. The number of nitrogen functional groups attached to an aromatic ring is 1. The predicted octanol–water partition coefficient (Wildman–Crippen LogP) is 5.83. The standard InChI is InChI=1S/C18H23N3O3S.C16H20N4O2S/c22-10-7-14-12-25-17(20-14)15-3-1-2-4-16(15)21-18(23)24-11-13-5-8-19-9-6-13;17-14-10-23-15(20-14)12-3-1-2-4-13(12)19-16(21)22-9-11-5-7-18-8-6-11/h1-4,12-13,19,22H,5-11H2,(H,21,23);1-4,10-11,18H,5-9,17H2,(H,19,21). The first-order chi connectivity index (χ1) is 23.5. The average Bonchev–Trinajstić information content (AvgIpc) is 3.77. The first kappa shape index (κ1) is 35.2. The number of hydrogen-bond acceptors (Lipinski definition) is 12. The van der Waals surface area contributed by atoms with Crippen molar-refractivity contribution in [2.45, 2.75) is 32.1 Å². The Morgan fingerprint density at radius 2 is 1.25 bits per heavy atom. The molecule has 2 amide bonds. The van der Waals surface area contributed by atoms with Crippen LogP contribution in [0.1, 0.15) is 31.4 Å². The zero-order valence-electron chi connectivity index (χ0n) is 26.8. The number of carbonyl (C=O) groups excluding carboxylic acids is 2. The van der Waals surface area contributed by atoms with Crippen LogP contribution < -0.4 is 27.0 Å². The van der Waals surface area contributed by atoms with Crippen molar-refractivity contribution in [3.05, 3.63) is 65.0 Å². The third kappa shape index (κ3) is 10.7. The van der Waals surface area contributed by atoms with Crippen LogP contribution >= 0.6 is 22.7 Å². The first-order valence-electron chi connectivity index (χ1n) is 16.2. The van der Waals surface area contributed by atoms with Gasteiger partial charge in [0.1, 0.15) is 15.8 Å². The molecule has 0 unspecified atom stereocenters. The Hall–Kier alpha value is -4.08. The number of aliphatic hydroxyl groups is 1. The van der Waals surface area contributed by atoms with E-state index in [-0.39, 0.29) is 6.61 Å². The summed E-state index contributed by atoms with van der Waals surface area (Å²) in [6.45, 7) is 4.94. The normalized spacial score (nSPS) is 15.2. The van der Waals surface area contributed by atoms with Crippen molar-refractivity contribution >= 4 is 52.1 Å². The van der Waals surface area contributed by atoms with Crippen molar-refractivity contribution in [2.24, 2.45) is 11.8 Å². The molecule has 0 atom stereocenters. The number of para-hydroxylation sites is 2. The molecular formula is C34H43N7O5S2. The maximum atomic E-state index is 12.1. The van der Waals surface area contributed by atoms with E-state index in [0.717, 1.165) is 78.7 Å². The third-order valence-corrected chi connectivity index (χ3v) is 9.87. The van der Waals surface area contributed by atoms with Crippen molar-refractivity contribution < 1.29 is 24.2 Å². The molecule has 48 heavy (non-hydrogen) atoms. The Morgan fingerprint density at radius 3 is 1.73 bits per heavy atom. The molecule has 2 aliphatic heterocycles. The molecule has 2 aromatic heterocycles. The number of hydrogen-bond donors (Lipinski definition) is 6. The Balaban J connectivity index is 0.000000188. The summed E-state index contributed by atoms with van der Waals surface area (Å²) in [4.78, 5) is 33.0. The molecule has 0 bridgehead atoms. The Morgan fingerprint density at radius 1 is 0.771 bits per heavy atom. The van der Waals surface area contributed by atoms with Gasteiger partial charge in [-0.25, -0.2) is 19.6 Å². The number of piperidine rings is 2. The number of amides is 2. The number of aliphatic hydroxyl groups excluding tert-OH is 1. The van der Waals surface area contributed by atoms with Gasteiger partial charge in [-0.15, -0.1) is 22.7 Å². The minimum atomic E-state index is -0.432. The number of nitrogens with one attached hydrogen (secondary N) is 4. The van der Waals surface area contributed by atoms with Gasteiger partial charge in [0, 0.05) is 34.9 Å². The highest BCUT2D eigenvalue weighted by Crippen LogP contribution is 2.32. The molecule has 2 fully saturated rings. The number of rotatable bonds is 10. The molecule has 7 N–H and O–H groups in total. The third-order valence-electron chi connectivity index (χ3n) is 8.05. The summed E-state index contributed by atoms with van der Waals surface area (Å²) < 4.78 is 10.8. The Labute approximate surface area is 288 Å². The number of thiazole rings is 2. The number of carbonyl (C=O) groups is 2. The molecule has 4 aromatic rings. The molecule has 2 aromatic carbocycles. The lowest BCUT2D eigenvalue weighted by Crippen LogP contribution is -2.31. The highest BCUT2D eigenvalue weighted by Gasteiger charge is 2.18. The monoisotopic (exact) mass is 693 g/mol. The quantitative estimate of drug-likeness (QED) is 0.119. The molecule has 2 aliphatic rings. The van der Waals surface area contributed by atoms with Crippen LogP contribution in [0.25, 0.3) is 21.1 Å². The number of aromatic nitrogens is 2. The number of anilines is 3. The number of benzene rings is 2. The van der Waals surface area contributed by atoms with Gasteiger partial charge in [0.05, 0.1) is 30.3 Å². The van der Waals surface area contributed by atoms with E-state index >= 15 is 0 Å². The summed E-state index contributed by atoms with van der Waals surface area (Å²) in [6, 6.07) is 15.0. The molecule has 14 heteroatoms. The van der Waals surface area contributed by atoms with E-state index in [1.807, 2.05) is 53.9 Å². The van der Waals surface area contributed by atoms with Gasteiger partial charge in [-0.05, 0) is 88.0 Å². The van der Waals surface area contributed by atoms with E-state index in [2.05, 4.69) is 31.2 Å². The second kappa shape index (κ2) is 18.5. The van der Waals surface area contributed by atoms with Gasteiger partial charge in [0.2, 0.25) is 0 Å². The molecule has 12 nitrogen and oxygen atoms in total. The molecule has 256 valence electrons. The maximum absolute atomic E-state index is 12.1. The summed E-state index contributed by atoms with van der Waals surface area (Å²) >= 11 is 2.94. The Bertz CT molecular complexity index is 1600. The predicted molar refractivity (Wildman–Crippen MR) is 191 cm³/mol. The van der Waals surface area contributed by atoms with E-state index in [4.69, 9.17) is 20.3 Å². The van der Waals surface area contributed by atoms with E-state index in [9.17, 15) is 9.59 Å². The largest absolute Gasteiger partial charge is 0.449 e. The molecule has 4 heterocycles. The van der Waals surface area contributed by atoms with Gasteiger partial charge in [-0.2, -0.15) is 0 Å². The molecular weight excluding hydrogens is 651 g/mol. The van der Waals surface area contributed by atoms with E-state index < -0.39 is 12.2 Å². The molecule has 2 saturated heterocycles. The molecule has 0 aliphatic carbocycles. The van der Waals surface area contributed by atoms with Crippen molar-refractivity contribution in [3.8, 4) is 21.1 Å². The van der Waals surface area contributed by atoms with Crippen LogP contribution in [-0.2, 0) is 15.9 Å². The molecule has 0 spiro atoms. The fraction of sp³-hybridized carbons (Fsp3) is 0.412. The molecule has 0 radical (unpaired) electrons. The lowest BCUT2D eigenvalue weighted by Gasteiger charge is -2.22. The van der Waals surface area contributed by atoms with E-state index in [1.165, 1.54) is 22.7 Å². The molecule has 6 rings (SSSR count). The smallest absolute Gasteiger partial charge is 0.411 e. The van der Waals surface area contributed by atoms with Crippen LogP contribution in [0.2, 0.25) is 0 Å². The summed E-state index contributed by atoms with van der Waals surface area (Å²) in [6.07, 6.45) is 3.83. The lowest BCUT2D eigenvalue weighted by atomic mass is 9.99. The van der Waals surface area contributed by atoms with Crippen molar-refractivity contribution in [2.75, 3.05) is 62.4 Å². The minimum absolute atomic E-state index is 0.0755. The zero-order valence-corrected chi connectivity index (χ0v) is 28.4. The fourth-order valence-corrected chi connectivity index (χ4v) is 7.04. The van der Waals surface area contributed by atoms with Gasteiger partial charge in [-0.1, -0.05) is 24.3 Å². The average molecular weight is 694 g/mol. The second-order valence-electron chi connectivity index (χ2n) is 11.6. The first-order valence-corrected chi connectivity index (χ1v) is 18.0. The van der Waals surface area contributed by atoms with Crippen molar-refractivity contribution in [1.82, 2.24) is 20.6 Å². The van der Waals surface area contributed by atoms with Crippen LogP contribution in [0.3, 0.4) is 0 Å². The summed E-state index contributed by atoms with van der Waals surface area (Å²) in [7, 11) is 0. The van der Waals surface area contributed by atoms with Crippen LogP contribution in [0.5, 0.6) is 0 Å². The number of ether oxygens (including phenoxy) is 2.